The molecule has 1 aromatic carbocycles. The quantitative estimate of drug-likeness (QED) is 0.716. The van der Waals surface area contributed by atoms with E-state index in [2.05, 4.69) is 19.6 Å². The average molecular weight is 424 g/mol. The van der Waals surface area contributed by atoms with Gasteiger partial charge in [-0.3, -0.25) is 4.79 Å². The first-order valence-electron chi connectivity index (χ1n) is 9.05. The number of esters is 1. The number of hydrogen-bond acceptors (Lipinski definition) is 7. The summed E-state index contributed by atoms with van der Waals surface area (Å²) in [5, 5.41) is 4.15. The first kappa shape index (κ1) is 20.3. The maximum atomic E-state index is 12.1. The van der Waals surface area contributed by atoms with E-state index >= 15 is 0 Å². The molecule has 1 N–H and O–H groups in total. The van der Waals surface area contributed by atoms with Gasteiger partial charge in [0.1, 0.15) is 12.4 Å². The number of amides is 2. The fourth-order valence-electron chi connectivity index (χ4n) is 2.80. The highest BCUT2D eigenvalue weighted by Crippen LogP contribution is 2.21. The van der Waals surface area contributed by atoms with E-state index in [0.717, 1.165) is 16.5 Å². The van der Waals surface area contributed by atoms with Crippen LogP contribution in [0, 0.1) is 0 Å². The van der Waals surface area contributed by atoms with Gasteiger partial charge >= 0.3 is 12.0 Å². The Morgan fingerprint density at radius 1 is 1.21 bits per heavy atom. The van der Waals surface area contributed by atoms with Crippen molar-refractivity contribution in [1.82, 2.24) is 19.6 Å². The SMILES string of the molecule is CCOC(=O)CNC(=O)N1CCN(c2nc(Cc3ccc(Cl)cc3)ns2)CC1. The lowest BCUT2D eigenvalue weighted by Crippen LogP contribution is -2.52. The maximum absolute atomic E-state index is 12.1. The summed E-state index contributed by atoms with van der Waals surface area (Å²) in [6.07, 6.45) is 0.657. The minimum absolute atomic E-state index is 0.114. The van der Waals surface area contributed by atoms with Gasteiger partial charge in [0.05, 0.1) is 6.61 Å². The van der Waals surface area contributed by atoms with Crippen LogP contribution in [0.1, 0.15) is 18.3 Å². The normalized spacial score (nSPS) is 14.1. The molecule has 2 aromatic rings. The number of benzene rings is 1. The fraction of sp³-hybridized carbons (Fsp3) is 0.444. The number of hydrogen-bond donors (Lipinski definition) is 1. The third-order valence-corrected chi connectivity index (χ3v) is 5.33. The molecule has 1 aromatic heterocycles. The second-order valence-corrected chi connectivity index (χ2v) is 7.40. The Hall–Kier alpha value is -2.39. The summed E-state index contributed by atoms with van der Waals surface area (Å²) in [6, 6.07) is 7.40. The van der Waals surface area contributed by atoms with Crippen LogP contribution in [0.5, 0.6) is 0 Å². The van der Waals surface area contributed by atoms with Crippen LogP contribution in [0.4, 0.5) is 9.93 Å². The number of urea groups is 1. The minimum atomic E-state index is -0.434. The van der Waals surface area contributed by atoms with Crippen LogP contribution >= 0.6 is 23.1 Å². The van der Waals surface area contributed by atoms with Crippen molar-refractivity contribution in [3.8, 4) is 0 Å². The Morgan fingerprint density at radius 3 is 2.61 bits per heavy atom. The van der Waals surface area contributed by atoms with Crippen molar-refractivity contribution in [1.29, 1.82) is 0 Å². The Balaban J connectivity index is 1.47. The molecular weight excluding hydrogens is 402 g/mol. The van der Waals surface area contributed by atoms with Crippen molar-refractivity contribution < 1.29 is 14.3 Å². The number of aromatic nitrogens is 2. The van der Waals surface area contributed by atoms with Crippen molar-refractivity contribution in [2.75, 3.05) is 44.2 Å². The van der Waals surface area contributed by atoms with Gasteiger partial charge in [0.25, 0.3) is 0 Å². The van der Waals surface area contributed by atoms with Crippen molar-refractivity contribution in [3.05, 3.63) is 40.7 Å². The van der Waals surface area contributed by atoms with Crippen LogP contribution in [-0.2, 0) is 16.0 Å². The fourth-order valence-corrected chi connectivity index (χ4v) is 3.66. The Morgan fingerprint density at radius 2 is 1.93 bits per heavy atom. The standard InChI is InChI=1S/C18H22ClN5O3S/c1-2-27-16(25)12-20-17(26)23-7-9-24(10-8-23)18-21-15(22-28-18)11-13-3-5-14(19)6-4-13/h3-6H,2,7-12H2,1H3,(H,20,26). The molecule has 0 unspecified atom stereocenters. The van der Waals surface area contributed by atoms with Gasteiger partial charge in [-0.15, -0.1) is 0 Å². The lowest BCUT2D eigenvalue weighted by atomic mass is 10.1. The summed E-state index contributed by atoms with van der Waals surface area (Å²) in [5.74, 6) is 0.341. The summed E-state index contributed by atoms with van der Waals surface area (Å²) < 4.78 is 9.25. The van der Waals surface area contributed by atoms with Crippen molar-refractivity contribution >= 4 is 40.3 Å². The van der Waals surface area contributed by atoms with Crippen LogP contribution in [0.15, 0.2) is 24.3 Å². The number of nitrogens with one attached hydrogen (secondary N) is 1. The Kier molecular flexibility index (Phi) is 7.05. The predicted molar refractivity (Wildman–Crippen MR) is 108 cm³/mol. The first-order valence-corrected chi connectivity index (χ1v) is 10.2. The summed E-state index contributed by atoms with van der Waals surface area (Å²) in [4.78, 5) is 31.9. The Labute approximate surface area is 172 Å². The van der Waals surface area contributed by atoms with E-state index in [1.165, 1.54) is 11.5 Å². The van der Waals surface area contributed by atoms with E-state index in [0.29, 0.717) is 44.2 Å². The molecule has 8 nitrogen and oxygen atoms in total. The zero-order valence-electron chi connectivity index (χ0n) is 15.6. The number of piperazine rings is 1. The van der Waals surface area contributed by atoms with Gasteiger partial charge in [0.15, 0.2) is 0 Å². The number of rotatable bonds is 6. The first-order chi connectivity index (χ1) is 13.5. The van der Waals surface area contributed by atoms with Gasteiger partial charge in [-0.1, -0.05) is 23.7 Å². The van der Waals surface area contributed by atoms with Gasteiger partial charge in [-0.2, -0.15) is 4.37 Å². The van der Waals surface area contributed by atoms with Gasteiger partial charge in [0, 0.05) is 49.2 Å². The molecule has 150 valence electrons. The monoisotopic (exact) mass is 423 g/mol. The number of carbonyl (C=O) groups excluding carboxylic acids is 2. The summed E-state index contributed by atoms with van der Waals surface area (Å²) in [5.41, 5.74) is 1.11. The summed E-state index contributed by atoms with van der Waals surface area (Å²) >= 11 is 7.28. The highest BCUT2D eigenvalue weighted by atomic mass is 35.5. The average Bonchev–Trinajstić information content (AvgIpc) is 3.17. The largest absolute Gasteiger partial charge is 0.465 e. The van der Waals surface area contributed by atoms with Crippen LogP contribution < -0.4 is 10.2 Å². The van der Waals surface area contributed by atoms with Crippen LogP contribution in [0.2, 0.25) is 5.02 Å². The molecule has 0 saturated carbocycles. The van der Waals surface area contributed by atoms with Crippen LogP contribution in [-0.4, -0.2) is 65.6 Å². The number of carbonyl (C=O) groups is 2. The van der Waals surface area contributed by atoms with Crippen LogP contribution in [0.3, 0.4) is 0 Å². The molecule has 3 rings (SSSR count). The molecule has 0 bridgehead atoms. The van der Waals surface area contributed by atoms with Gasteiger partial charge in [-0.25, -0.2) is 9.78 Å². The molecule has 0 radical (unpaired) electrons. The zero-order valence-corrected chi connectivity index (χ0v) is 17.1. The van der Waals surface area contributed by atoms with E-state index in [1.807, 2.05) is 24.3 Å². The topological polar surface area (TPSA) is 87.7 Å². The molecule has 2 heterocycles. The highest BCUT2D eigenvalue weighted by molar-refractivity contribution is 7.09. The molecule has 2 amide bonds. The summed E-state index contributed by atoms with van der Waals surface area (Å²) in [6.45, 7) is 4.37. The van der Waals surface area contributed by atoms with Gasteiger partial charge in [-0.05, 0) is 24.6 Å². The van der Waals surface area contributed by atoms with Crippen molar-refractivity contribution in [2.24, 2.45) is 0 Å². The maximum Gasteiger partial charge on any atom is 0.325 e. The third kappa shape index (κ3) is 5.56. The van der Waals surface area contributed by atoms with E-state index in [1.54, 1.807) is 11.8 Å². The molecule has 1 aliphatic heterocycles. The number of ether oxygens (including phenoxy) is 1. The van der Waals surface area contributed by atoms with Crippen molar-refractivity contribution in [3.63, 3.8) is 0 Å². The summed E-state index contributed by atoms with van der Waals surface area (Å²) in [7, 11) is 0. The molecule has 28 heavy (non-hydrogen) atoms. The number of halogens is 1. The lowest BCUT2D eigenvalue weighted by molar-refractivity contribution is -0.141. The van der Waals surface area contributed by atoms with Crippen molar-refractivity contribution in [2.45, 2.75) is 13.3 Å². The molecule has 0 atom stereocenters. The van der Waals surface area contributed by atoms with Gasteiger partial charge < -0.3 is 19.9 Å². The number of anilines is 1. The third-order valence-electron chi connectivity index (χ3n) is 4.26. The molecule has 1 fully saturated rings. The molecule has 0 aliphatic carbocycles. The number of nitrogens with zero attached hydrogens (tertiary/aromatic N) is 4. The van der Waals surface area contributed by atoms with E-state index in [-0.39, 0.29) is 12.6 Å². The molecule has 1 aliphatic rings. The van der Waals surface area contributed by atoms with E-state index in [4.69, 9.17) is 16.3 Å². The second-order valence-electron chi connectivity index (χ2n) is 6.23. The molecule has 0 spiro atoms. The molecule has 10 heteroatoms. The molecule has 1 saturated heterocycles. The smallest absolute Gasteiger partial charge is 0.325 e. The van der Waals surface area contributed by atoms with Gasteiger partial charge in [0.2, 0.25) is 5.13 Å². The van der Waals surface area contributed by atoms with E-state index in [9.17, 15) is 9.59 Å². The highest BCUT2D eigenvalue weighted by Gasteiger charge is 2.23. The predicted octanol–water partition coefficient (Wildman–Crippen LogP) is 2.18. The molecular formula is C18H22ClN5O3S. The lowest BCUT2D eigenvalue weighted by Gasteiger charge is -2.34. The zero-order chi connectivity index (χ0) is 19.9. The minimum Gasteiger partial charge on any atom is -0.465 e. The van der Waals surface area contributed by atoms with Crippen LogP contribution in [0.25, 0.3) is 0 Å². The van der Waals surface area contributed by atoms with E-state index < -0.39 is 5.97 Å². The second kappa shape index (κ2) is 9.70. The Bertz CT molecular complexity index is 806.